The van der Waals surface area contributed by atoms with Gasteiger partial charge in [0.2, 0.25) is 0 Å². The Morgan fingerprint density at radius 1 is 1.13 bits per heavy atom. The molecule has 5 nitrogen and oxygen atoms in total. The number of likely N-dealkylation sites (tertiary alicyclic amines) is 1. The fourth-order valence-electron chi connectivity index (χ4n) is 3.19. The maximum Gasteiger partial charge on any atom is 0.290 e. The van der Waals surface area contributed by atoms with Crippen molar-refractivity contribution in [3.05, 3.63) is 46.9 Å². The lowest BCUT2D eigenvalue weighted by atomic mass is 10.0. The first-order valence-electron chi connectivity index (χ1n) is 7.68. The highest BCUT2D eigenvalue weighted by molar-refractivity contribution is 6.29. The topological polar surface area (TPSA) is 51.9 Å². The maximum absolute atomic E-state index is 12.7. The van der Waals surface area contributed by atoms with Gasteiger partial charge in [-0.05, 0) is 54.3 Å². The van der Waals surface area contributed by atoms with Gasteiger partial charge in [0, 0.05) is 6.54 Å². The highest BCUT2D eigenvalue weighted by Crippen LogP contribution is 2.38. The molecular weight excluding hydrogens is 318 g/mol. The summed E-state index contributed by atoms with van der Waals surface area (Å²) in [5.74, 6) is 1.65. The molecule has 0 N–H and O–H groups in total. The first kappa shape index (κ1) is 14.5. The Hall–Kier alpha value is -2.14. The number of rotatable bonds is 2. The van der Waals surface area contributed by atoms with Crippen molar-refractivity contribution < 1.29 is 18.7 Å². The number of fused-ring (bicyclic) bond motifs is 1. The molecule has 1 atom stereocenters. The smallest absolute Gasteiger partial charge is 0.290 e. The minimum Gasteiger partial charge on any atom is -0.486 e. The summed E-state index contributed by atoms with van der Waals surface area (Å²) < 4.78 is 16.5. The van der Waals surface area contributed by atoms with Crippen LogP contribution < -0.4 is 9.47 Å². The Kier molecular flexibility index (Phi) is 3.65. The van der Waals surface area contributed by atoms with E-state index in [9.17, 15) is 4.79 Å². The average Bonchev–Trinajstić information content (AvgIpc) is 3.23. The Balaban J connectivity index is 1.61. The molecule has 1 aromatic carbocycles. The van der Waals surface area contributed by atoms with Gasteiger partial charge in [-0.15, -0.1) is 0 Å². The van der Waals surface area contributed by atoms with Crippen molar-refractivity contribution in [2.24, 2.45) is 0 Å². The SMILES string of the molecule is O=C(c1ccc(Cl)o1)N1CCCC1c1ccc2c(c1)OCCO2. The highest BCUT2D eigenvalue weighted by atomic mass is 35.5. The number of carbonyl (C=O) groups is 1. The predicted octanol–water partition coefficient (Wildman–Crippen LogP) is 3.68. The normalized spacial score (nSPS) is 19.9. The van der Waals surface area contributed by atoms with Gasteiger partial charge in [-0.3, -0.25) is 4.79 Å². The molecule has 1 unspecified atom stereocenters. The van der Waals surface area contributed by atoms with Gasteiger partial charge >= 0.3 is 0 Å². The summed E-state index contributed by atoms with van der Waals surface area (Å²) in [5, 5.41) is 0.225. The van der Waals surface area contributed by atoms with Crippen molar-refractivity contribution in [3.8, 4) is 11.5 Å². The molecular formula is C17H16ClNO4. The van der Waals surface area contributed by atoms with E-state index in [-0.39, 0.29) is 22.9 Å². The van der Waals surface area contributed by atoms with Gasteiger partial charge in [0.1, 0.15) is 13.2 Å². The summed E-state index contributed by atoms with van der Waals surface area (Å²) in [6, 6.07) is 9.10. The van der Waals surface area contributed by atoms with E-state index in [4.69, 9.17) is 25.5 Å². The van der Waals surface area contributed by atoms with Crippen LogP contribution in [0.3, 0.4) is 0 Å². The summed E-state index contributed by atoms with van der Waals surface area (Å²) in [6.07, 6.45) is 1.87. The van der Waals surface area contributed by atoms with Crippen LogP contribution in [0.4, 0.5) is 0 Å². The molecule has 3 heterocycles. The van der Waals surface area contributed by atoms with Crippen LogP contribution in [0.15, 0.2) is 34.7 Å². The maximum atomic E-state index is 12.7. The van der Waals surface area contributed by atoms with Crippen molar-refractivity contribution in [2.75, 3.05) is 19.8 Å². The van der Waals surface area contributed by atoms with Crippen LogP contribution in [0.1, 0.15) is 35.0 Å². The number of hydrogen-bond donors (Lipinski definition) is 0. The summed E-state index contributed by atoms with van der Waals surface area (Å²) in [6.45, 7) is 1.82. The third-order valence-corrected chi connectivity index (χ3v) is 4.45. The van der Waals surface area contributed by atoms with Crippen LogP contribution >= 0.6 is 11.6 Å². The Morgan fingerprint density at radius 3 is 2.74 bits per heavy atom. The Labute approximate surface area is 138 Å². The highest BCUT2D eigenvalue weighted by Gasteiger charge is 2.32. The number of carbonyl (C=O) groups excluding carboxylic acids is 1. The second-order valence-corrected chi connectivity index (χ2v) is 6.04. The largest absolute Gasteiger partial charge is 0.486 e. The van der Waals surface area contributed by atoms with Crippen LogP contribution in [0.25, 0.3) is 0 Å². The number of hydrogen-bond acceptors (Lipinski definition) is 4. The standard InChI is InChI=1S/C17H16ClNO4/c18-16-6-5-14(23-16)17(20)19-7-1-2-12(19)11-3-4-13-15(10-11)22-9-8-21-13/h3-6,10,12H,1-2,7-9H2. The first-order valence-corrected chi connectivity index (χ1v) is 8.06. The minimum atomic E-state index is -0.130. The molecule has 1 saturated heterocycles. The zero-order valence-electron chi connectivity index (χ0n) is 12.5. The van der Waals surface area contributed by atoms with Gasteiger partial charge in [-0.1, -0.05) is 6.07 Å². The molecule has 2 aromatic rings. The van der Waals surface area contributed by atoms with E-state index < -0.39 is 0 Å². The average molecular weight is 334 g/mol. The predicted molar refractivity (Wildman–Crippen MR) is 84.2 cm³/mol. The molecule has 6 heteroatoms. The van der Waals surface area contributed by atoms with Gasteiger partial charge in [-0.2, -0.15) is 0 Å². The third-order valence-electron chi connectivity index (χ3n) is 4.25. The van der Waals surface area contributed by atoms with Crippen molar-refractivity contribution in [3.63, 3.8) is 0 Å². The second kappa shape index (κ2) is 5.81. The van der Waals surface area contributed by atoms with Crippen LogP contribution in [-0.4, -0.2) is 30.6 Å². The molecule has 0 aliphatic carbocycles. The summed E-state index contributed by atoms with van der Waals surface area (Å²) in [7, 11) is 0. The van der Waals surface area contributed by atoms with Gasteiger partial charge < -0.3 is 18.8 Å². The monoisotopic (exact) mass is 333 g/mol. The number of benzene rings is 1. The van der Waals surface area contributed by atoms with Crippen LogP contribution in [0.2, 0.25) is 5.22 Å². The second-order valence-electron chi connectivity index (χ2n) is 5.66. The molecule has 0 radical (unpaired) electrons. The molecule has 2 aliphatic rings. The molecule has 120 valence electrons. The fourth-order valence-corrected chi connectivity index (χ4v) is 3.34. The molecule has 1 aromatic heterocycles. The van der Waals surface area contributed by atoms with Crippen molar-refractivity contribution in [1.29, 1.82) is 0 Å². The van der Waals surface area contributed by atoms with Gasteiger partial charge in [0.05, 0.1) is 6.04 Å². The molecule has 23 heavy (non-hydrogen) atoms. The minimum absolute atomic E-state index is 0.0159. The zero-order valence-corrected chi connectivity index (χ0v) is 13.2. The van der Waals surface area contributed by atoms with Crippen LogP contribution in [0.5, 0.6) is 11.5 Å². The van der Waals surface area contributed by atoms with Gasteiger partial charge in [0.25, 0.3) is 5.91 Å². The van der Waals surface area contributed by atoms with Gasteiger partial charge in [-0.25, -0.2) is 0 Å². The van der Waals surface area contributed by atoms with Crippen LogP contribution in [-0.2, 0) is 0 Å². The number of ether oxygens (including phenoxy) is 2. The van der Waals surface area contributed by atoms with E-state index >= 15 is 0 Å². The Bertz CT molecular complexity index is 742. The number of furan rings is 1. The van der Waals surface area contributed by atoms with Crippen molar-refractivity contribution >= 4 is 17.5 Å². The number of halogens is 1. The van der Waals surface area contributed by atoms with E-state index in [0.717, 1.165) is 29.9 Å². The molecule has 1 fully saturated rings. The van der Waals surface area contributed by atoms with Crippen molar-refractivity contribution in [2.45, 2.75) is 18.9 Å². The lowest BCUT2D eigenvalue weighted by Crippen LogP contribution is -2.30. The van der Waals surface area contributed by atoms with E-state index in [1.807, 2.05) is 23.1 Å². The van der Waals surface area contributed by atoms with Gasteiger partial charge in [0.15, 0.2) is 22.5 Å². The van der Waals surface area contributed by atoms with E-state index in [0.29, 0.717) is 19.8 Å². The molecule has 4 rings (SSSR count). The zero-order chi connectivity index (χ0) is 15.8. The molecule has 1 amide bonds. The Morgan fingerprint density at radius 2 is 1.96 bits per heavy atom. The van der Waals surface area contributed by atoms with Crippen molar-refractivity contribution in [1.82, 2.24) is 4.90 Å². The fraction of sp³-hybridized carbons (Fsp3) is 0.353. The molecule has 0 spiro atoms. The molecule has 2 aliphatic heterocycles. The third kappa shape index (κ3) is 2.65. The lowest BCUT2D eigenvalue weighted by molar-refractivity contribution is 0.0703. The number of nitrogens with zero attached hydrogens (tertiary/aromatic N) is 1. The summed E-state index contributed by atoms with van der Waals surface area (Å²) in [4.78, 5) is 14.5. The summed E-state index contributed by atoms with van der Waals surface area (Å²) in [5.41, 5.74) is 1.05. The first-order chi connectivity index (χ1) is 11.2. The quantitative estimate of drug-likeness (QED) is 0.841. The lowest BCUT2D eigenvalue weighted by Gasteiger charge is -2.26. The van der Waals surface area contributed by atoms with E-state index in [1.165, 1.54) is 0 Å². The molecule has 0 saturated carbocycles. The van der Waals surface area contributed by atoms with E-state index in [2.05, 4.69) is 0 Å². The summed E-state index contributed by atoms with van der Waals surface area (Å²) >= 11 is 5.78. The van der Waals surface area contributed by atoms with E-state index in [1.54, 1.807) is 12.1 Å². The van der Waals surface area contributed by atoms with Crippen LogP contribution in [0, 0.1) is 0 Å². The number of amides is 1. The molecule has 0 bridgehead atoms.